The van der Waals surface area contributed by atoms with E-state index < -0.39 is 35.6 Å². The molecule has 2 aromatic rings. The van der Waals surface area contributed by atoms with Crippen LogP contribution in [0, 0.1) is 6.92 Å². The first-order valence-corrected chi connectivity index (χ1v) is 11.6. The van der Waals surface area contributed by atoms with Crippen LogP contribution in [0.25, 0.3) is 11.3 Å². The number of hydrogen-bond donors (Lipinski definition) is 1. The van der Waals surface area contributed by atoms with Gasteiger partial charge in [-0.1, -0.05) is 12.1 Å². The lowest BCUT2D eigenvalue weighted by Crippen LogP contribution is -2.46. The van der Waals surface area contributed by atoms with Crippen LogP contribution in [0.15, 0.2) is 41.5 Å². The minimum absolute atomic E-state index is 0.279. The number of pyridine rings is 1. The number of anilines is 1. The Labute approximate surface area is 211 Å². The average molecular weight is 499 g/mol. The molecule has 36 heavy (non-hydrogen) atoms. The molecule has 0 spiro atoms. The first-order chi connectivity index (χ1) is 16.7. The van der Waals surface area contributed by atoms with Gasteiger partial charge < -0.3 is 24.7 Å². The molecule has 0 radical (unpaired) electrons. The van der Waals surface area contributed by atoms with Gasteiger partial charge in [0.15, 0.2) is 6.29 Å². The maximum absolute atomic E-state index is 13.4. The van der Waals surface area contributed by atoms with Crippen molar-refractivity contribution in [2.24, 2.45) is 10.7 Å². The largest absolute Gasteiger partial charge is 0.443 e. The first-order valence-electron chi connectivity index (χ1n) is 11.6. The summed E-state index contributed by atoms with van der Waals surface area (Å²) in [7, 11) is 0. The van der Waals surface area contributed by atoms with Crippen molar-refractivity contribution in [3.63, 3.8) is 0 Å². The molecule has 1 aromatic carbocycles. The summed E-state index contributed by atoms with van der Waals surface area (Å²) >= 11 is 0. The maximum Gasteiger partial charge on any atom is 0.437 e. The molecule has 0 atom stereocenters. The van der Waals surface area contributed by atoms with Crippen molar-refractivity contribution in [2.75, 3.05) is 18.1 Å². The van der Waals surface area contributed by atoms with Gasteiger partial charge in [-0.05, 0) is 72.2 Å². The molecular formula is C26H34N4O6. The Morgan fingerprint density at radius 3 is 2.25 bits per heavy atom. The minimum Gasteiger partial charge on any atom is -0.443 e. The van der Waals surface area contributed by atoms with Crippen molar-refractivity contribution in [2.45, 2.75) is 66.0 Å². The third-order valence-corrected chi connectivity index (χ3v) is 4.76. The van der Waals surface area contributed by atoms with Crippen molar-refractivity contribution in [1.29, 1.82) is 0 Å². The first kappa shape index (κ1) is 27.1. The smallest absolute Gasteiger partial charge is 0.437 e. The number of ether oxygens (including phenoxy) is 4. The zero-order valence-electron chi connectivity index (χ0n) is 21.8. The van der Waals surface area contributed by atoms with E-state index in [1.165, 1.54) is 0 Å². The van der Waals surface area contributed by atoms with Crippen LogP contribution in [0.3, 0.4) is 0 Å². The molecule has 1 saturated heterocycles. The monoisotopic (exact) mass is 498 g/mol. The molecule has 1 aromatic heterocycles. The third kappa shape index (κ3) is 7.25. The normalized spacial score (nSPS) is 15.0. The Hall–Kier alpha value is -3.50. The zero-order chi connectivity index (χ0) is 26.7. The molecule has 2 heterocycles. The van der Waals surface area contributed by atoms with Gasteiger partial charge in [-0.2, -0.15) is 0 Å². The number of aromatic nitrogens is 1. The number of rotatable bonds is 3. The van der Waals surface area contributed by atoms with Crippen LogP contribution in [0.4, 0.5) is 15.3 Å². The lowest BCUT2D eigenvalue weighted by molar-refractivity contribution is -0.0436. The number of amides is 2. The fourth-order valence-corrected chi connectivity index (χ4v) is 3.38. The molecular weight excluding hydrogens is 464 g/mol. The molecule has 2 N–H and O–H groups in total. The second kappa shape index (κ2) is 10.6. The molecule has 194 valence electrons. The molecule has 0 bridgehead atoms. The number of hydrogen-bond acceptors (Lipinski definition) is 7. The number of carbonyl (C=O) groups is 2. The Bertz CT molecular complexity index is 1140. The fraction of sp³-hybridized carbons (Fsp3) is 0.462. The summed E-state index contributed by atoms with van der Waals surface area (Å²) in [4.78, 5) is 35.2. The Morgan fingerprint density at radius 2 is 1.67 bits per heavy atom. The third-order valence-electron chi connectivity index (χ3n) is 4.76. The number of carbonyl (C=O) groups excluding carboxylic acids is 2. The van der Waals surface area contributed by atoms with Crippen LogP contribution in [-0.2, 0) is 18.9 Å². The quantitative estimate of drug-likeness (QED) is 0.458. The summed E-state index contributed by atoms with van der Waals surface area (Å²) in [5.74, 6) is -0.424. The SMILES string of the molecule is Cc1ccnc(-c2ccc(C3OCCO3)c(N(C(=O)OC(C)(C)C)C(N)=NC(=O)OC(C)(C)C)c2)c1. The van der Waals surface area contributed by atoms with Crippen molar-refractivity contribution < 1.29 is 28.5 Å². The lowest BCUT2D eigenvalue weighted by atomic mass is 10.0. The van der Waals surface area contributed by atoms with Crippen LogP contribution in [0.1, 0.15) is 59.0 Å². The lowest BCUT2D eigenvalue weighted by Gasteiger charge is -2.29. The van der Waals surface area contributed by atoms with Crippen LogP contribution in [0.5, 0.6) is 0 Å². The number of benzene rings is 1. The van der Waals surface area contributed by atoms with Gasteiger partial charge in [0, 0.05) is 17.3 Å². The summed E-state index contributed by atoms with van der Waals surface area (Å²) < 4.78 is 22.3. The molecule has 0 aliphatic carbocycles. The van der Waals surface area contributed by atoms with E-state index in [2.05, 4.69) is 9.98 Å². The average Bonchev–Trinajstić information content (AvgIpc) is 3.25. The molecule has 10 heteroatoms. The van der Waals surface area contributed by atoms with Gasteiger partial charge in [0.2, 0.25) is 5.96 Å². The molecule has 10 nitrogen and oxygen atoms in total. The number of nitrogens with two attached hydrogens (primary N) is 1. The highest BCUT2D eigenvalue weighted by molar-refractivity contribution is 6.16. The van der Waals surface area contributed by atoms with E-state index in [-0.39, 0.29) is 5.69 Å². The van der Waals surface area contributed by atoms with Gasteiger partial charge in [0.25, 0.3) is 0 Å². The molecule has 2 amide bonds. The molecule has 1 aliphatic rings. The van der Waals surface area contributed by atoms with Crippen LogP contribution in [0.2, 0.25) is 0 Å². The van der Waals surface area contributed by atoms with E-state index in [1.54, 1.807) is 59.9 Å². The van der Waals surface area contributed by atoms with Crippen molar-refractivity contribution in [1.82, 2.24) is 4.98 Å². The van der Waals surface area contributed by atoms with E-state index in [0.29, 0.717) is 30.0 Å². The predicted molar refractivity (Wildman–Crippen MR) is 136 cm³/mol. The van der Waals surface area contributed by atoms with E-state index >= 15 is 0 Å². The Balaban J connectivity index is 2.17. The molecule has 3 rings (SSSR count). The van der Waals surface area contributed by atoms with E-state index in [0.717, 1.165) is 10.5 Å². The Morgan fingerprint density at radius 1 is 1.03 bits per heavy atom. The van der Waals surface area contributed by atoms with E-state index in [9.17, 15) is 9.59 Å². The van der Waals surface area contributed by atoms with E-state index in [4.69, 9.17) is 24.7 Å². The highest BCUT2D eigenvalue weighted by Gasteiger charge is 2.33. The minimum atomic E-state index is -0.944. The topological polar surface area (TPSA) is 126 Å². The predicted octanol–water partition coefficient (Wildman–Crippen LogP) is 5.09. The Kier molecular flexibility index (Phi) is 8.00. The van der Waals surface area contributed by atoms with Crippen molar-refractivity contribution >= 4 is 23.8 Å². The summed E-state index contributed by atoms with van der Waals surface area (Å²) in [6.45, 7) is 13.0. The van der Waals surface area contributed by atoms with E-state index in [1.807, 2.05) is 25.1 Å². The van der Waals surface area contributed by atoms with Gasteiger partial charge in [-0.25, -0.2) is 14.5 Å². The summed E-state index contributed by atoms with van der Waals surface area (Å²) in [6.07, 6.45) is -0.828. The standard InChI is InChI=1S/C26H34N4O6/c1-16-10-11-28-19(14-16)17-8-9-18(21-33-12-13-34-21)20(15-17)30(24(32)36-26(5,6)7)22(27)29-23(31)35-25(2,3)4/h8-11,14-15,21H,12-13H2,1-7H3,(H2,27,29,31). The van der Waals surface area contributed by atoms with Gasteiger partial charge in [-0.15, -0.1) is 4.99 Å². The van der Waals surface area contributed by atoms with Crippen LogP contribution in [-0.4, -0.2) is 47.5 Å². The second-order valence-corrected chi connectivity index (χ2v) is 10.3. The fourth-order valence-electron chi connectivity index (χ4n) is 3.38. The summed E-state index contributed by atoms with van der Waals surface area (Å²) in [5, 5.41) is 0. The molecule has 1 aliphatic heterocycles. The summed E-state index contributed by atoms with van der Waals surface area (Å²) in [5.41, 5.74) is 7.79. The van der Waals surface area contributed by atoms with Gasteiger partial charge in [-0.3, -0.25) is 4.98 Å². The van der Waals surface area contributed by atoms with Gasteiger partial charge in [0.1, 0.15) is 11.2 Å². The molecule has 1 fully saturated rings. The van der Waals surface area contributed by atoms with Crippen LogP contribution >= 0.6 is 0 Å². The van der Waals surface area contributed by atoms with Crippen molar-refractivity contribution in [3.05, 3.63) is 47.7 Å². The zero-order valence-corrected chi connectivity index (χ0v) is 21.8. The highest BCUT2D eigenvalue weighted by atomic mass is 16.7. The highest BCUT2D eigenvalue weighted by Crippen LogP contribution is 2.36. The molecule has 0 unspecified atom stereocenters. The number of aryl methyl sites for hydroxylation is 1. The molecule has 0 saturated carbocycles. The second-order valence-electron chi connectivity index (χ2n) is 10.3. The number of nitrogens with zero attached hydrogens (tertiary/aromatic N) is 3. The van der Waals surface area contributed by atoms with Crippen LogP contribution < -0.4 is 10.6 Å². The van der Waals surface area contributed by atoms with Crippen molar-refractivity contribution in [3.8, 4) is 11.3 Å². The number of guanidine groups is 1. The van der Waals surface area contributed by atoms with Gasteiger partial charge >= 0.3 is 12.2 Å². The number of aliphatic imine (C=N–C) groups is 1. The summed E-state index contributed by atoms with van der Waals surface area (Å²) in [6, 6.07) is 9.13. The maximum atomic E-state index is 13.4. The van der Waals surface area contributed by atoms with Gasteiger partial charge in [0.05, 0.1) is 24.6 Å².